The molecular formula is C18H19FN4OS. The maximum atomic E-state index is 14.8. The number of rotatable bonds is 3. The summed E-state index contributed by atoms with van der Waals surface area (Å²) in [6, 6.07) is 10.9. The maximum Gasteiger partial charge on any atom is 0.142 e. The van der Waals surface area contributed by atoms with E-state index in [9.17, 15) is 8.60 Å². The summed E-state index contributed by atoms with van der Waals surface area (Å²) >= 11 is 0. The van der Waals surface area contributed by atoms with E-state index in [0.717, 1.165) is 24.3 Å². The van der Waals surface area contributed by atoms with Gasteiger partial charge in [0.05, 0.1) is 11.9 Å². The van der Waals surface area contributed by atoms with E-state index in [1.807, 2.05) is 24.3 Å². The standard InChI is InChI=1S/C18H19FN4OS/c19-15-10-13(11-22-6-8-25(24)9-7-22)4-5-14(15)16-2-1-3-18-21-17(20)12-23(16)18/h1-5,10,12H,6-9,11,20H2. The van der Waals surface area contributed by atoms with Gasteiger partial charge in [-0.05, 0) is 29.8 Å². The number of benzene rings is 1. The summed E-state index contributed by atoms with van der Waals surface area (Å²) in [4.78, 5) is 6.43. The second kappa shape index (κ2) is 6.57. The van der Waals surface area contributed by atoms with Crippen LogP contribution in [0, 0.1) is 5.82 Å². The summed E-state index contributed by atoms with van der Waals surface area (Å²) in [6.07, 6.45) is 1.70. The molecule has 1 aromatic carbocycles. The number of nitrogen functional groups attached to an aromatic ring is 1. The minimum atomic E-state index is -0.698. The normalized spacial score (nSPS) is 16.5. The van der Waals surface area contributed by atoms with Crippen molar-refractivity contribution in [3.05, 3.63) is 54.0 Å². The van der Waals surface area contributed by atoms with Crippen molar-refractivity contribution in [3.63, 3.8) is 0 Å². The Morgan fingerprint density at radius 1 is 1.20 bits per heavy atom. The fourth-order valence-corrected chi connectivity index (χ4v) is 4.33. The summed E-state index contributed by atoms with van der Waals surface area (Å²) in [5.41, 5.74) is 8.62. The molecule has 7 heteroatoms. The quantitative estimate of drug-likeness (QED) is 0.780. The van der Waals surface area contributed by atoms with E-state index in [2.05, 4.69) is 9.88 Å². The van der Waals surface area contributed by atoms with Crippen LogP contribution in [0.25, 0.3) is 16.9 Å². The van der Waals surface area contributed by atoms with Gasteiger partial charge in [-0.15, -0.1) is 0 Å². The number of anilines is 1. The lowest BCUT2D eigenvalue weighted by Gasteiger charge is -2.26. The van der Waals surface area contributed by atoms with E-state index >= 15 is 0 Å². The van der Waals surface area contributed by atoms with Gasteiger partial charge >= 0.3 is 0 Å². The Hall–Kier alpha value is -2.25. The van der Waals surface area contributed by atoms with Crippen molar-refractivity contribution in [1.29, 1.82) is 0 Å². The molecule has 2 aromatic heterocycles. The number of fused-ring (bicyclic) bond motifs is 1. The van der Waals surface area contributed by atoms with Crippen molar-refractivity contribution in [3.8, 4) is 11.3 Å². The van der Waals surface area contributed by atoms with Crippen molar-refractivity contribution in [2.75, 3.05) is 30.3 Å². The fraction of sp³-hybridized carbons (Fsp3) is 0.278. The largest absolute Gasteiger partial charge is 0.382 e. The first kappa shape index (κ1) is 16.2. The van der Waals surface area contributed by atoms with Crippen LogP contribution < -0.4 is 5.73 Å². The first-order valence-corrected chi connectivity index (χ1v) is 9.69. The van der Waals surface area contributed by atoms with Gasteiger partial charge in [-0.2, -0.15) is 0 Å². The molecule has 25 heavy (non-hydrogen) atoms. The van der Waals surface area contributed by atoms with E-state index in [-0.39, 0.29) is 5.82 Å². The van der Waals surface area contributed by atoms with E-state index < -0.39 is 10.8 Å². The fourth-order valence-electron chi connectivity index (χ4n) is 3.21. The van der Waals surface area contributed by atoms with Gasteiger partial charge in [0.15, 0.2) is 0 Å². The molecule has 0 bridgehead atoms. The summed E-state index contributed by atoms with van der Waals surface area (Å²) in [6.45, 7) is 2.27. The Labute approximate surface area is 147 Å². The van der Waals surface area contributed by atoms with Crippen LogP contribution >= 0.6 is 0 Å². The summed E-state index contributed by atoms with van der Waals surface area (Å²) < 4.78 is 28.0. The molecule has 1 fully saturated rings. The molecule has 3 aromatic rings. The highest BCUT2D eigenvalue weighted by Crippen LogP contribution is 2.26. The zero-order chi connectivity index (χ0) is 17.4. The van der Waals surface area contributed by atoms with Gasteiger partial charge in [-0.3, -0.25) is 13.5 Å². The molecule has 3 heterocycles. The zero-order valence-electron chi connectivity index (χ0n) is 13.7. The van der Waals surface area contributed by atoms with E-state index in [4.69, 9.17) is 5.73 Å². The predicted octanol–water partition coefficient (Wildman–Crippen LogP) is 2.29. The van der Waals surface area contributed by atoms with E-state index in [0.29, 0.717) is 35.1 Å². The first-order chi connectivity index (χ1) is 12.1. The number of hydrogen-bond donors (Lipinski definition) is 1. The first-order valence-electron chi connectivity index (χ1n) is 8.20. The predicted molar refractivity (Wildman–Crippen MR) is 98.2 cm³/mol. The minimum absolute atomic E-state index is 0.266. The second-order valence-corrected chi connectivity index (χ2v) is 7.94. The van der Waals surface area contributed by atoms with Crippen LogP contribution in [0.15, 0.2) is 42.6 Å². The van der Waals surface area contributed by atoms with Crippen LogP contribution in [0.1, 0.15) is 5.56 Å². The SMILES string of the molecule is Nc1cn2c(-c3ccc(CN4CCS(=O)CC4)cc3F)cccc2n1. The van der Waals surface area contributed by atoms with Crippen molar-refractivity contribution in [2.24, 2.45) is 0 Å². The van der Waals surface area contributed by atoms with Gasteiger partial charge in [0.2, 0.25) is 0 Å². The smallest absolute Gasteiger partial charge is 0.142 e. The molecule has 5 nitrogen and oxygen atoms in total. The molecule has 0 amide bonds. The average Bonchev–Trinajstić information content (AvgIpc) is 2.97. The van der Waals surface area contributed by atoms with Crippen LogP contribution in [-0.4, -0.2) is 43.1 Å². The van der Waals surface area contributed by atoms with Gasteiger partial charge in [-0.25, -0.2) is 9.37 Å². The molecule has 1 aliphatic rings. The second-order valence-electron chi connectivity index (χ2n) is 6.24. The number of halogens is 1. The lowest BCUT2D eigenvalue weighted by Crippen LogP contribution is -2.37. The number of hydrogen-bond acceptors (Lipinski definition) is 4. The highest BCUT2D eigenvalue weighted by molar-refractivity contribution is 7.85. The molecule has 0 radical (unpaired) electrons. The Balaban J connectivity index is 1.62. The highest BCUT2D eigenvalue weighted by Gasteiger charge is 2.16. The lowest BCUT2D eigenvalue weighted by atomic mass is 10.1. The molecular weight excluding hydrogens is 339 g/mol. The number of aromatic nitrogens is 2. The lowest BCUT2D eigenvalue weighted by molar-refractivity contribution is 0.291. The Kier molecular flexibility index (Phi) is 4.27. The Bertz CT molecular complexity index is 945. The van der Waals surface area contributed by atoms with Gasteiger partial charge in [0.1, 0.15) is 17.3 Å². The number of pyridine rings is 1. The number of nitrogens with two attached hydrogens (primary N) is 1. The summed E-state index contributed by atoms with van der Waals surface area (Å²) in [7, 11) is -0.698. The minimum Gasteiger partial charge on any atom is -0.382 e. The molecule has 0 saturated carbocycles. The molecule has 0 atom stereocenters. The van der Waals surface area contributed by atoms with E-state index in [1.54, 1.807) is 22.7 Å². The number of imidazole rings is 1. The van der Waals surface area contributed by atoms with Gasteiger partial charge < -0.3 is 5.73 Å². The van der Waals surface area contributed by atoms with Crippen LogP contribution in [0.5, 0.6) is 0 Å². The zero-order valence-corrected chi connectivity index (χ0v) is 14.5. The van der Waals surface area contributed by atoms with Crippen LogP contribution in [0.3, 0.4) is 0 Å². The summed E-state index contributed by atoms with van der Waals surface area (Å²) in [5.74, 6) is 1.54. The molecule has 4 rings (SSSR count). The van der Waals surface area contributed by atoms with Gasteiger partial charge in [0.25, 0.3) is 0 Å². The van der Waals surface area contributed by atoms with Crippen LogP contribution in [0.2, 0.25) is 0 Å². The Morgan fingerprint density at radius 2 is 2.00 bits per heavy atom. The van der Waals surface area contributed by atoms with Crippen LogP contribution in [-0.2, 0) is 17.3 Å². The van der Waals surface area contributed by atoms with Gasteiger partial charge in [-0.1, -0.05) is 12.1 Å². The van der Waals surface area contributed by atoms with Crippen molar-refractivity contribution >= 4 is 22.3 Å². The van der Waals surface area contributed by atoms with Gasteiger partial charge in [0, 0.05) is 47.5 Å². The molecule has 130 valence electrons. The summed E-state index contributed by atoms with van der Waals surface area (Å²) in [5, 5.41) is 0. The molecule has 0 aliphatic carbocycles. The van der Waals surface area contributed by atoms with Crippen molar-refractivity contribution in [2.45, 2.75) is 6.54 Å². The maximum absolute atomic E-state index is 14.8. The number of nitrogens with zero attached hydrogens (tertiary/aromatic N) is 3. The topological polar surface area (TPSA) is 63.6 Å². The van der Waals surface area contributed by atoms with E-state index in [1.165, 1.54) is 0 Å². The molecule has 0 spiro atoms. The molecule has 0 unspecified atom stereocenters. The highest BCUT2D eigenvalue weighted by atomic mass is 32.2. The third-order valence-corrected chi connectivity index (χ3v) is 5.77. The van der Waals surface area contributed by atoms with Crippen LogP contribution in [0.4, 0.5) is 10.2 Å². The average molecular weight is 358 g/mol. The third-order valence-electron chi connectivity index (χ3n) is 4.50. The molecule has 2 N–H and O–H groups in total. The molecule has 1 saturated heterocycles. The third kappa shape index (κ3) is 3.29. The van der Waals surface area contributed by atoms with Crippen molar-refractivity contribution in [1.82, 2.24) is 14.3 Å². The monoisotopic (exact) mass is 358 g/mol. The molecule has 1 aliphatic heterocycles. The Morgan fingerprint density at radius 3 is 2.76 bits per heavy atom. The van der Waals surface area contributed by atoms with Crippen molar-refractivity contribution < 1.29 is 8.60 Å².